The second-order valence-electron chi connectivity index (χ2n) is 8.46. The second-order valence-corrected chi connectivity index (χ2v) is 10.8. The first kappa shape index (κ1) is 22.3. The van der Waals surface area contributed by atoms with Crippen LogP contribution in [0.1, 0.15) is 37.2 Å². The molecule has 0 bridgehead atoms. The van der Waals surface area contributed by atoms with Gasteiger partial charge in [0, 0.05) is 26.2 Å². The topological polar surface area (TPSA) is 75.6 Å². The van der Waals surface area contributed by atoms with Gasteiger partial charge in [0.15, 0.2) is 11.0 Å². The van der Waals surface area contributed by atoms with Gasteiger partial charge in [0.2, 0.25) is 10.0 Å². The summed E-state index contributed by atoms with van der Waals surface area (Å²) in [7, 11) is -3.08. The smallest absolute Gasteiger partial charge is 0.211 e. The maximum atomic E-state index is 11.7. The molecular formula is C22H29ClN4O3S. The van der Waals surface area contributed by atoms with Gasteiger partial charge < -0.3 is 9.64 Å². The molecule has 1 aromatic heterocycles. The predicted molar refractivity (Wildman–Crippen MR) is 122 cm³/mol. The molecule has 31 heavy (non-hydrogen) atoms. The van der Waals surface area contributed by atoms with Crippen LogP contribution in [0.25, 0.3) is 0 Å². The van der Waals surface area contributed by atoms with Crippen LogP contribution >= 0.6 is 11.6 Å². The fourth-order valence-electron chi connectivity index (χ4n) is 4.38. The van der Waals surface area contributed by atoms with Gasteiger partial charge in [0.25, 0.3) is 0 Å². The Bertz CT molecular complexity index is 953. The van der Waals surface area contributed by atoms with Gasteiger partial charge >= 0.3 is 0 Å². The summed E-state index contributed by atoms with van der Waals surface area (Å²) in [5.41, 5.74) is 1.26. The van der Waals surface area contributed by atoms with Gasteiger partial charge in [0.1, 0.15) is 5.75 Å². The second kappa shape index (κ2) is 9.71. The van der Waals surface area contributed by atoms with Crippen molar-refractivity contribution in [1.82, 2.24) is 14.5 Å². The molecule has 2 aliphatic rings. The predicted octanol–water partition coefficient (Wildman–Crippen LogP) is 3.56. The molecule has 0 aliphatic carbocycles. The first-order valence-electron chi connectivity index (χ1n) is 10.8. The maximum Gasteiger partial charge on any atom is 0.211 e. The summed E-state index contributed by atoms with van der Waals surface area (Å²) in [6.07, 6.45) is 5.13. The van der Waals surface area contributed by atoms with E-state index in [2.05, 4.69) is 27.2 Å². The molecule has 0 radical (unpaired) electrons. The normalized spacial score (nSPS) is 19.5. The molecule has 1 aromatic carbocycles. The molecule has 2 saturated heterocycles. The molecule has 3 heterocycles. The number of piperidine rings is 2. The molecule has 2 aliphatic heterocycles. The Kier molecular flexibility index (Phi) is 6.99. The van der Waals surface area contributed by atoms with Gasteiger partial charge in [-0.25, -0.2) is 12.7 Å². The van der Waals surface area contributed by atoms with Crippen LogP contribution < -0.4 is 9.64 Å². The molecule has 0 saturated carbocycles. The van der Waals surface area contributed by atoms with Crippen molar-refractivity contribution in [3.05, 3.63) is 47.1 Å². The lowest BCUT2D eigenvalue weighted by Gasteiger charge is -2.32. The summed E-state index contributed by atoms with van der Waals surface area (Å²) in [6, 6.07) is 12.0. The van der Waals surface area contributed by atoms with Crippen LogP contribution in [-0.2, 0) is 10.0 Å². The molecule has 0 amide bonds. The third-order valence-electron chi connectivity index (χ3n) is 6.32. The summed E-state index contributed by atoms with van der Waals surface area (Å²) in [4.78, 5) is 2.24. The fourth-order valence-corrected chi connectivity index (χ4v) is 5.35. The third-order valence-corrected chi connectivity index (χ3v) is 7.82. The monoisotopic (exact) mass is 464 g/mol. The summed E-state index contributed by atoms with van der Waals surface area (Å²) in [5.74, 6) is 2.70. The van der Waals surface area contributed by atoms with Crippen molar-refractivity contribution in [2.24, 2.45) is 5.92 Å². The molecule has 0 N–H and O–H groups in total. The zero-order chi connectivity index (χ0) is 21.8. The first-order valence-corrected chi connectivity index (χ1v) is 13.0. The molecule has 0 spiro atoms. The average molecular weight is 465 g/mol. The van der Waals surface area contributed by atoms with E-state index in [1.165, 1.54) is 11.8 Å². The van der Waals surface area contributed by atoms with Crippen molar-refractivity contribution in [1.29, 1.82) is 0 Å². The lowest BCUT2D eigenvalue weighted by molar-refractivity contribution is 0.222. The Morgan fingerprint density at radius 3 is 2.23 bits per heavy atom. The number of rotatable bonds is 6. The zero-order valence-electron chi connectivity index (χ0n) is 17.8. The Morgan fingerprint density at radius 1 is 0.968 bits per heavy atom. The summed E-state index contributed by atoms with van der Waals surface area (Å²) < 4.78 is 31.0. The van der Waals surface area contributed by atoms with Gasteiger partial charge in [-0.1, -0.05) is 23.7 Å². The third kappa shape index (κ3) is 5.87. The van der Waals surface area contributed by atoms with Crippen molar-refractivity contribution < 1.29 is 13.2 Å². The van der Waals surface area contributed by atoms with E-state index >= 15 is 0 Å². The molecule has 4 rings (SSSR count). The fraction of sp³-hybridized carbons (Fsp3) is 0.545. The number of anilines is 1. The molecule has 0 unspecified atom stereocenters. The lowest BCUT2D eigenvalue weighted by Crippen LogP contribution is -2.37. The number of ether oxygens (including phenoxy) is 1. The Morgan fingerprint density at radius 2 is 1.65 bits per heavy atom. The highest BCUT2D eigenvalue weighted by Gasteiger charge is 2.26. The van der Waals surface area contributed by atoms with E-state index in [1.54, 1.807) is 10.4 Å². The van der Waals surface area contributed by atoms with E-state index in [9.17, 15) is 8.42 Å². The molecule has 9 heteroatoms. The largest absolute Gasteiger partial charge is 0.493 e. The standard InChI is InChI=1S/C22H29ClN4O3S/c1-31(28,29)27-14-10-19(11-15-27)18-2-4-20(5-3-18)30-16-17-8-12-26(13-9-17)22-7-6-21(23)24-25-22/h2-7,17,19H,8-16H2,1H3. The molecular weight excluding hydrogens is 436 g/mol. The number of sulfonamides is 1. The summed E-state index contributed by atoms with van der Waals surface area (Å²) in [6.45, 7) is 3.79. The van der Waals surface area contributed by atoms with Crippen LogP contribution in [-0.4, -0.2) is 62.0 Å². The minimum Gasteiger partial charge on any atom is -0.493 e. The van der Waals surface area contributed by atoms with E-state index < -0.39 is 10.0 Å². The zero-order valence-corrected chi connectivity index (χ0v) is 19.4. The van der Waals surface area contributed by atoms with E-state index in [4.69, 9.17) is 16.3 Å². The van der Waals surface area contributed by atoms with Gasteiger partial charge in [-0.15, -0.1) is 10.2 Å². The Balaban J connectivity index is 1.22. The summed E-state index contributed by atoms with van der Waals surface area (Å²) in [5, 5.41) is 8.50. The highest BCUT2D eigenvalue weighted by Crippen LogP contribution is 2.30. The van der Waals surface area contributed by atoms with Crippen molar-refractivity contribution >= 4 is 27.4 Å². The molecule has 168 valence electrons. The van der Waals surface area contributed by atoms with Crippen LogP contribution in [0.2, 0.25) is 5.15 Å². The van der Waals surface area contributed by atoms with Crippen LogP contribution in [0.3, 0.4) is 0 Å². The molecule has 0 atom stereocenters. The van der Waals surface area contributed by atoms with Gasteiger partial charge in [-0.3, -0.25) is 0 Å². The quantitative estimate of drug-likeness (QED) is 0.650. The van der Waals surface area contributed by atoms with Crippen molar-refractivity contribution in [2.75, 3.05) is 43.9 Å². The van der Waals surface area contributed by atoms with Crippen molar-refractivity contribution in [3.8, 4) is 5.75 Å². The highest BCUT2D eigenvalue weighted by molar-refractivity contribution is 7.88. The van der Waals surface area contributed by atoms with E-state index in [1.807, 2.05) is 18.2 Å². The van der Waals surface area contributed by atoms with Crippen LogP contribution in [0.4, 0.5) is 5.82 Å². The number of hydrogen-bond acceptors (Lipinski definition) is 6. The number of halogens is 1. The molecule has 7 nitrogen and oxygen atoms in total. The molecule has 2 aromatic rings. The van der Waals surface area contributed by atoms with E-state index in [0.29, 0.717) is 36.7 Å². The number of aromatic nitrogens is 2. The Hall–Kier alpha value is -1.90. The maximum absolute atomic E-state index is 11.7. The molecule has 2 fully saturated rings. The lowest BCUT2D eigenvalue weighted by atomic mass is 9.90. The Labute approximate surface area is 189 Å². The minimum atomic E-state index is -3.08. The minimum absolute atomic E-state index is 0.410. The van der Waals surface area contributed by atoms with Crippen LogP contribution in [0.15, 0.2) is 36.4 Å². The van der Waals surface area contributed by atoms with Crippen molar-refractivity contribution in [3.63, 3.8) is 0 Å². The van der Waals surface area contributed by atoms with Gasteiger partial charge in [-0.05, 0) is 67.3 Å². The number of hydrogen-bond donors (Lipinski definition) is 0. The van der Waals surface area contributed by atoms with Crippen LogP contribution in [0, 0.1) is 5.92 Å². The average Bonchev–Trinajstić information content (AvgIpc) is 2.78. The van der Waals surface area contributed by atoms with E-state index in [0.717, 1.165) is 50.3 Å². The summed E-state index contributed by atoms with van der Waals surface area (Å²) >= 11 is 5.82. The van der Waals surface area contributed by atoms with Crippen molar-refractivity contribution in [2.45, 2.75) is 31.6 Å². The van der Waals surface area contributed by atoms with Gasteiger partial charge in [-0.2, -0.15) is 0 Å². The SMILES string of the molecule is CS(=O)(=O)N1CCC(c2ccc(OCC3CCN(c4ccc(Cl)nn4)CC3)cc2)CC1. The highest BCUT2D eigenvalue weighted by atomic mass is 35.5. The first-order chi connectivity index (χ1) is 14.9. The van der Waals surface area contributed by atoms with E-state index in [-0.39, 0.29) is 0 Å². The van der Waals surface area contributed by atoms with Gasteiger partial charge in [0.05, 0.1) is 12.9 Å². The van der Waals surface area contributed by atoms with Crippen LogP contribution in [0.5, 0.6) is 5.75 Å². The number of benzene rings is 1. The number of nitrogens with zero attached hydrogens (tertiary/aromatic N) is 4.